The number of aromatic nitrogens is 2. The van der Waals surface area contributed by atoms with E-state index in [1.165, 1.54) is 5.56 Å². The third kappa shape index (κ3) is 3.03. The zero-order chi connectivity index (χ0) is 18.0. The van der Waals surface area contributed by atoms with E-state index in [9.17, 15) is 4.79 Å². The maximum atomic E-state index is 13.1. The first kappa shape index (κ1) is 16.6. The van der Waals surface area contributed by atoms with Crippen molar-refractivity contribution in [1.82, 2.24) is 9.97 Å². The maximum Gasteiger partial charge on any atom is 0.235 e. The molecule has 4 heteroatoms. The van der Waals surface area contributed by atoms with Gasteiger partial charge in [0.25, 0.3) is 0 Å². The molecule has 2 heterocycles. The minimum Gasteiger partial charge on any atom is -0.346 e. The molecule has 1 amide bonds. The molecule has 1 aromatic heterocycles. The van der Waals surface area contributed by atoms with Crippen molar-refractivity contribution in [3.05, 3.63) is 83.4 Å². The summed E-state index contributed by atoms with van der Waals surface area (Å²) in [6.07, 6.45) is 5.12. The van der Waals surface area contributed by atoms with E-state index in [-0.39, 0.29) is 5.91 Å². The van der Waals surface area contributed by atoms with E-state index in [0.717, 1.165) is 48.5 Å². The van der Waals surface area contributed by atoms with Gasteiger partial charge in [0, 0.05) is 17.6 Å². The Balaban J connectivity index is 1.63. The SMILES string of the molecule is Cc1ncc(CCC2(CCc3ccccc3)C(=O)Nc3ccccc32)[nH]1. The van der Waals surface area contributed by atoms with Crippen LogP contribution in [0.4, 0.5) is 5.69 Å². The van der Waals surface area contributed by atoms with E-state index in [0.29, 0.717) is 0 Å². The predicted molar refractivity (Wildman–Crippen MR) is 103 cm³/mol. The number of amides is 1. The normalized spacial score (nSPS) is 18.6. The minimum atomic E-state index is -0.495. The van der Waals surface area contributed by atoms with Gasteiger partial charge in [-0.3, -0.25) is 4.79 Å². The molecule has 3 aromatic rings. The lowest BCUT2D eigenvalue weighted by Crippen LogP contribution is -2.35. The van der Waals surface area contributed by atoms with Crippen LogP contribution in [0.1, 0.15) is 35.5 Å². The zero-order valence-corrected chi connectivity index (χ0v) is 15.0. The first-order valence-corrected chi connectivity index (χ1v) is 9.13. The van der Waals surface area contributed by atoms with Crippen LogP contribution in [0.3, 0.4) is 0 Å². The number of hydrogen-bond donors (Lipinski definition) is 2. The molecule has 2 aromatic carbocycles. The lowest BCUT2D eigenvalue weighted by Gasteiger charge is -2.27. The van der Waals surface area contributed by atoms with Crippen LogP contribution in [-0.4, -0.2) is 15.9 Å². The van der Waals surface area contributed by atoms with Crippen molar-refractivity contribution in [3.8, 4) is 0 Å². The van der Waals surface area contributed by atoms with Crippen LogP contribution >= 0.6 is 0 Å². The second kappa shape index (κ2) is 6.79. The standard InChI is InChI=1S/C22H23N3O/c1-16-23-15-18(24-16)12-14-22(13-11-17-7-3-2-4-8-17)19-9-5-6-10-20(19)25-21(22)26/h2-10,15H,11-14H2,1H3,(H,23,24)(H,25,26). The Kier molecular flexibility index (Phi) is 4.33. The highest BCUT2D eigenvalue weighted by atomic mass is 16.2. The van der Waals surface area contributed by atoms with Crippen molar-refractivity contribution >= 4 is 11.6 Å². The summed E-state index contributed by atoms with van der Waals surface area (Å²) in [6.45, 7) is 1.95. The molecule has 0 saturated heterocycles. The Morgan fingerprint density at radius 3 is 2.46 bits per heavy atom. The number of imidazole rings is 1. The summed E-state index contributed by atoms with van der Waals surface area (Å²) >= 11 is 0. The molecule has 0 aliphatic carbocycles. The van der Waals surface area contributed by atoms with E-state index < -0.39 is 5.41 Å². The molecule has 0 bridgehead atoms. The van der Waals surface area contributed by atoms with Gasteiger partial charge in [0.15, 0.2) is 0 Å². The molecule has 26 heavy (non-hydrogen) atoms. The van der Waals surface area contributed by atoms with Crippen molar-refractivity contribution in [2.75, 3.05) is 5.32 Å². The average molecular weight is 345 g/mol. The van der Waals surface area contributed by atoms with E-state index in [1.807, 2.05) is 37.4 Å². The number of nitrogens with zero attached hydrogens (tertiary/aromatic N) is 1. The number of hydrogen-bond acceptors (Lipinski definition) is 2. The number of fused-ring (bicyclic) bond motifs is 1. The third-order valence-electron chi connectivity index (χ3n) is 5.39. The second-order valence-corrected chi connectivity index (χ2v) is 7.06. The summed E-state index contributed by atoms with van der Waals surface area (Å²) in [6, 6.07) is 18.5. The van der Waals surface area contributed by atoms with Gasteiger partial charge in [-0.1, -0.05) is 48.5 Å². The number of carbonyl (C=O) groups is 1. The fraction of sp³-hybridized carbons (Fsp3) is 0.273. The van der Waals surface area contributed by atoms with Crippen LogP contribution in [0.25, 0.3) is 0 Å². The second-order valence-electron chi connectivity index (χ2n) is 7.06. The van der Waals surface area contributed by atoms with Gasteiger partial charge >= 0.3 is 0 Å². The summed E-state index contributed by atoms with van der Waals surface area (Å²) in [5.41, 5.74) is 3.93. The molecule has 0 radical (unpaired) electrons. The smallest absolute Gasteiger partial charge is 0.235 e. The molecule has 2 N–H and O–H groups in total. The maximum absolute atomic E-state index is 13.1. The Labute approximate surface area is 153 Å². The average Bonchev–Trinajstić information content (AvgIpc) is 3.20. The van der Waals surface area contributed by atoms with Gasteiger partial charge in [-0.05, 0) is 49.8 Å². The molecule has 4 nitrogen and oxygen atoms in total. The van der Waals surface area contributed by atoms with Gasteiger partial charge in [-0.15, -0.1) is 0 Å². The van der Waals surface area contributed by atoms with Gasteiger partial charge in [0.1, 0.15) is 5.82 Å². The van der Waals surface area contributed by atoms with E-state index in [2.05, 4.69) is 45.6 Å². The molecule has 0 saturated carbocycles. The van der Waals surface area contributed by atoms with Crippen molar-refractivity contribution in [2.45, 2.75) is 38.0 Å². The third-order valence-corrected chi connectivity index (χ3v) is 5.39. The number of rotatable bonds is 6. The van der Waals surface area contributed by atoms with Crippen LogP contribution in [0.15, 0.2) is 60.8 Å². The van der Waals surface area contributed by atoms with Crippen molar-refractivity contribution in [1.29, 1.82) is 0 Å². The molecule has 4 rings (SSSR count). The Bertz CT molecular complexity index is 916. The number of H-pyrrole nitrogens is 1. The van der Waals surface area contributed by atoms with E-state index >= 15 is 0 Å². The predicted octanol–water partition coefficient (Wildman–Crippen LogP) is 4.17. The van der Waals surface area contributed by atoms with Gasteiger partial charge in [0.2, 0.25) is 5.91 Å². The van der Waals surface area contributed by atoms with Crippen LogP contribution in [-0.2, 0) is 23.1 Å². The van der Waals surface area contributed by atoms with Crippen LogP contribution < -0.4 is 5.32 Å². The monoisotopic (exact) mass is 345 g/mol. The molecule has 1 unspecified atom stereocenters. The number of anilines is 1. The molecule has 132 valence electrons. The molecule has 1 aliphatic heterocycles. The van der Waals surface area contributed by atoms with Crippen LogP contribution in [0, 0.1) is 6.92 Å². The summed E-state index contributed by atoms with van der Waals surface area (Å²) in [7, 11) is 0. The molecule has 1 atom stereocenters. The van der Waals surface area contributed by atoms with Crippen molar-refractivity contribution in [3.63, 3.8) is 0 Å². The lowest BCUT2D eigenvalue weighted by molar-refractivity contribution is -0.121. The molecule has 0 spiro atoms. The van der Waals surface area contributed by atoms with Gasteiger partial charge < -0.3 is 10.3 Å². The number of nitrogens with one attached hydrogen (secondary N) is 2. The highest BCUT2D eigenvalue weighted by Gasteiger charge is 2.45. The number of carbonyl (C=O) groups excluding carboxylic acids is 1. The number of benzene rings is 2. The van der Waals surface area contributed by atoms with Gasteiger partial charge in [-0.2, -0.15) is 0 Å². The number of aryl methyl sites for hydroxylation is 3. The summed E-state index contributed by atoms with van der Waals surface area (Å²) in [5.74, 6) is 1.03. The quantitative estimate of drug-likeness (QED) is 0.704. The Morgan fingerprint density at radius 2 is 1.69 bits per heavy atom. The largest absolute Gasteiger partial charge is 0.346 e. The van der Waals surface area contributed by atoms with Gasteiger partial charge in [-0.25, -0.2) is 4.98 Å². The molecular weight excluding hydrogens is 322 g/mol. The highest BCUT2D eigenvalue weighted by molar-refractivity contribution is 6.06. The fourth-order valence-corrected chi connectivity index (χ4v) is 3.94. The Hall–Kier alpha value is -2.88. The minimum absolute atomic E-state index is 0.117. The summed E-state index contributed by atoms with van der Waals surface area (Å²) in [4.78, 5) is 20.6. The zero-order valence-electron chi connectivity index (χ0n) is 15.0. The van der Waals surface area contributed by atoms with E-state index in [4.69, 9.17) is 0 Å². The first-order chi connectivity index (χ1) is 12.7. The summed E-state index contributed by atoms with van der Waals surface area (Å²) in [5, 5.41) is 3.10. The number of aromatic amines is 1. The topological polar surface area (TPSA) is 57.8 Å². The summed E-state index contributed by atoms with van der Waals surface area (Å²) < 4.78 is 0. The molecular formula is C22H23N3O. The van der Waals surface area contributed by atoms with Gasteiger partial charge in [0.05, 0.1) is 5.41 Å². The first-order valence-electron chi connectivity index (χ1n) is 9.13. The Morgan fingerprint density at radius 1 is 0.962 bits per heavy atom. The number of para-hydroxylation sites is 1. The van der Waals surface area contributed by atoms with E-state index in [1.54, 1.807) is 0 Å². The van der Waals surface area contributed by atoms with Crippen molar-refractivity contribution < 1.29 is 4.79 Å². The van der Waals surface area contributed by atoms with Crippen LogP contribution in [0.2, 0.25) is 0 Å². The molecule has 1 aliphatic rings. The fourth-order valence-electron chi connectivity index (χ4n) is 3.94. The van der Waals surface area contributed by atoms with Crippen molar-refractivity contribution in [2.24, 2.45) is 0 Å². The lowest BCUT2D eigenvalue weighted by atomic mass is 9.73. The van der Waals surface area contributed by atoms with Crippen LogP contribution in [0.5, 0.6) is 0 Å². The highest BCUT2D eigenvalue weighted by Crippen LogP contribution is 2.44. The molecule has 0 fully saturated rings.